The van der Waals surface area contributed by atoms with Gasteiger partial charge in [0.1, 0.15) is 18.0 Å². The molecule has 2 N–H and O–H groups in total. The molecule has 0 atom stereocenters. The van der Waals surface area contributed by atoms with E-state index in [1.807, 2.05) is 25.9 Å². The molecule has 0 aliphatic heterocycles. The highest BCUT2D eigenvalue weighted by molar-refractivity contribution is 5.81. The molecule has 98 valence electrons. The zero-order chi connectivity index (χ0) is 13.1. The zero-order valence-electron chi connectivity index (χ0n) is 11.0. The standard InChI is InChI=1S/C12H19N5O/c1-8-11(13-2)14-7-15-12(8)17(3)6-10(18)16-9-4-5-9/h7,9H,4-6H2,1-3H3,(H,16,18)(H,13,14,15). The lowest BCUT2D eigenvalue weighted by Gasteiger charge is -2.20. The molecule has 0 bridgehead atoms. The molecule has 0 aromatic carbocycles. The normalized spacial score (nSPS) is 14.2. The smallest absolute Gasteiger partial charge is 0.239 e. The van der Waals surface area contributed by atoms with Gasteiger partial charge in [0.15, 0.2) is 0 Å². The van der Waals surface area contributed by atoms with Crippen LogP contribution in [0.3, 0.4) is 0 Å². The summed E-state index contributed by atoms with van der Waals surface area (Å²) < 4.78 is 0. The van der Waals surface area contributed by atoms with Crippen LogP contribution in [-0.2, 0) is 4.79 Å². The first-order chi connectivity index (χ1) is 8.61. The maximum atomic E-state index is 11.7. The number of aromatic nitrogens is 2. The fourth-order valence-electron chi connectivity index (χ4n) is 1.87. The van der Waals surface area contributed by atoms with Gasteiger partial charge in [-0.1, -0.05) is 0 Å². The second-order valence-electron chi connectivity index (χ2n) is 4.62. The molecule has 6 nitrogen and oxygen atoms in total. The minimum atomic E-state index is 0.0454. The van der Waals surface area contributed by atoms with Crippen LogP contribution in [0.15, 0.2) is 6.33 Å². The molecule has 1 aromatic rings. The first kappa shape index (κ1) is 12.6. The predicted molar refractivity (Wildman–Crippen MR) is 70.8 cm³/mol. The summed E-state index contributed by atoms with van der Waals surface area (Å²) in [6.45, 7) is 2.26. The van der Waals surface area contributed by atoms with E-state index in [1.165, 1.54) is 6.33 Å². The lowest BCUT2D eigenvalue weighted by molar-refractivity contribution is -0.119. The third-order valence-electron chi connectivity index (χ3n) is 2.98. The molecule has 18 heavy (non-hydrogen) atoms. The molecule has 0 unspecified atom stereocenters. The molecule has 6 heteroatoms. The fourth-order valence-corrected chi connectivity index (χ4v) is 1.87. The Morgan fingerprint density at radius 2 is 2.22 bits per heavy atom. The Kier molecular flexibility index (Phi) is 3.64. The SMILES string of the molecule is CNc1ncnc(N(C)CC(=O)NC2CC2)c1C. The summed E-state index contributed by atoms with van der Waals surface area (Å²) >= 11 is 0. The van der Waals surface area contributed by atoms with E-state index in [0.29, 0.717) is 12.6 Å². The molecule has 1 aliphatic rings. The van der Waals surface area contributed by atoms with E-state index in [2.05, 4.69) is 20.6 Å². The number of carbonyl (C=O) groups excluding carboxylic acids is 1. The van der Waals surface area contributed by atoms with Crippen LogP contribution in [-0.4, -0.2) is 42.6 Å². The highest BCUT2D eigenvalue weighted by Gasteiger charge is 2.24. The van der Waals surface area contributed by atoms with Gasteiger partial charge in [0.05, 0.1) is 6.54 Å². The maximum Gasteiger partial charge on any atom is 0.239 e. The highest BCUT2D eigenvalue weighted by Crippen LogP contribution is 2.21. The summed E-state index contributed by atoms with van der Waals surface area (Å²) in [5, 5.41) is 5.97. The van der Waals surface area contributed by atoms with Gasteiger partial charge >= 0.3 is 0 Å². The van der Waals surface area contributed by atoms with Gasteiger partial charge in [-0.25, -0.2) is 9.97 Å². The third kappa shape index (κ3) is 2.88. The van der Waals surface area contributed by atoms with Gasteiger partial charge in [0.2, 0.25) is 5.91 Å². The molecular weight excluding hydrogens is 230 g/mol. The quantitative estimate of drug-likeness (QED) is 0.797. The second kappa shape index (κ2) is 5.20. The van der Waals surface area contributed by atoms with Crippen LogP contribution in [0.4, 0.5) is 11.6 Å². The van der Waals surface area contributed by atoms with Crippen molar-refractivity contribution < 1.29 is 4.79 Å². The van der Waals surface area contributed by atoms with Gasteiger partial charge in [0, 0.05) is 25.7 Å². The Bertz CT molecular complexity index is 444. The number of hydrogen-bond acceptors (Lipinski definition) is 5. The number of nitrogens with one attached hydrogen (secondary N) is 2. The number of hydrogen-bond donors (Lipinski definition) is 2. The molecule has 1 amide bonds. The molecule has 0 spiro atoms. The average molecular weight is 249 g/mol. The first-order valence-electron chi connectivity index (χ1n) is 6.11. The summed E-state index contributed by atoms with van der Waals surface area (Å²) in [6.07, 6.45) is 3.71. The van der Waals surface area contributed by atoms with Crippen LogP contribution in [0.25, 0.3) is 0 Å². The summed E-state index contributed by atoms with van der Waals surface area (Å²) in [5.74, 6) is 1.61. The molecule has 0 radical (unpaired) electrons. The maximum absolute atomic E-state index is 11.7. The Balaban J connectivity index is 2.03. The Morgan fingerprint density at radius 1 is 1.50 bits per heavy atom. The van der Waals surface area contributed by atoms with Crippen molar-refractivity contribution in [3.05, 3.63) is 11.9 Å². The van der Waals surface area contributed by atoms with Crippen molar-refractivity contribution in [2.75, 3.05) is 30.9 Å². The van der Waals surface area contributed by atoms with E-state index in [0.717, 1.165) is 30.0 Å². The van der Waals surface area contributed by atoms with Crippen LogP contribution in [0, 0.1) is 6.92 Å². The minimum absolute atomic E-state index is 0.0454. The van der Waals surface area contributed by atoms with Gasteiger partial charge in [-0.3, -0.25) is 4.79 Å². The number of amides is 1. The number of carbonyl (C=O) groups is 1. The Morgan fingerprint density at radius 3 is 2.83 bits per heavy atom. The van der Waals surface area contributed by atoms with Crippen molar-refractivity contribution in [1.82, 2.24) is 15.3 Å². The summed E-state index contributed by atoms with van der Waals surface area (Å²) in [6, 6.07) is 0.394. The van der Waals surface area contributed by atoms with Gasteiger partial charge in [-0.2, -0.15) is 0 Å². The van der Waals surface area contributed by atoms with Gasteiger partial charge < -0.3 is 15.5 Å². The van der Waals surface area contributed by atoms with E-state index >= 15 is 0 Å². The van der Waals surface area contributed by atoms with E-state index < -0.39 is 0 Å². The largest absolute Gasteiger partial charge is 0.373 e. The van der Waals surface area contributed by atoms with E-state index in [-0.39, 0.29) is 5.91 Å². The van der Waals surface area contributed by atoms with Crippen LogP contribution >= 0.6 is 0 Å². The van der Waals surface area contributed by atoms with Crippen molar-refractivity contribution in [1.29, 1.82) is 0 Å². The third-order valence-corrected chi connectivity index (χ3v) is 2.98. The van der Waals surface area contributed by atoms with Crippen molar-refractivity contribution in [2.24, 2.45) is 0 Å². The number of rotatable bonds is 5. The molecule has 1 saturated carbocycles. The fraction of sp³-hybridized carbons (Fsp3) is 0.583. The van der Waals surface area contributed by atoms with E-state index in [1.54, 1.807) is 0 Å². The molecule has 1 fully saturated rings. The number of nitrogens with zero attached hydrogens (tertiary/aromatic N) is 3. The molecule has 1 aromatic heterocycles. The molecule has 1 aliphatic carbocycles. The Hall–Kier alpha value is -1.85. The monoisotopic (exact) mass is 249 g/mol. The van der Waals surface area contributed by atoms with Crippen LogP contribution in [0.2, 0.25) is 0 Å². The molecule has 0 saturated heterocycles. The van der Waals surface area contributed by atoms with Crippen molar-refractivity contribution in [3.63, 3.8) is 0 Å². The molecule has 1 heterocycles. The molecule has 2 rings (SSSR count). The minimum Gasteiger partial charge on any atom is -0.373 e. The van der Waals surface area contributed by atoms with E-state index in [9.17, 15) is 4.79 Å². The van der Waals surface area contributed by atoms with Crippen molar-refractivity contribution in [3.8, 4) is 0 Å². The van der Waals surface area contributed by atoms with Crippen LogP contribution in [0.1, 0.15) is 18.4 Å². The van der Waals surface area contributed by atoms with Crippen LogP contribution in [0.5, 0.6) is 0 Å². The van der Waals surface area contributed by atoms with Crippen molar-refractivity contribution in [2.45, 2.75) is 25.8 Å². The highest BCUT2D eigenvalue weighted by atomic mass is 16.2. The second-order valence-corrected chi connectivity index (χ2v) is 4.62. The van der Waals surface area contributed by atoms with Gasteiger partial charge in [0.25, 0.3) is 0 Å². The van der Waals surface area contributed by atoms with E-state index in [4.69, 9.17) is 0 Å². The first-order valence-corrected chi connectivity index (χ1v) is 6.11. The lowest BCUT2D eigenvalue weighted by Crippen LogP contribution is -2.36. The van der Waals surface area contributed by atoms with Crippen molar-refractivity contribution >= 4 is 17.5 Å². The van der Waals surface area contributed by atoms with Crippen LogP contribution < -0.4 is 15.5 Å². The number of likely N-dealkylation sites (N-methyl/N-ethyl adjacent to an activating group) is 1. The van der Waals surface area contributed by atoms with Gasteiger partial charge in [-0.15, -0.1) is 0 Å². The summed E-state index contributed by atoms with van der Waals surface area (Å²) in [5.41, 5.74) is 0.946. The lowest BCUT2D eigenvalue weighted by atomic mass is 10.3. The topological polar surface area (TPSA) is 70.2 Å². The summed E-state index contributed by atoms with van der Waals surface area (Å²) in [7, 11) is 3.68. The average Bonchev–Trinajstić information content (AvgIpc) is 3.12. The molecular formula is C12H19N5O. The van der Waals surface area contributed by atoms with Gasteiger partial charge in [-0.05, 0) is 19.8 Å². The predicted octanol–water partition coefficient (Wildman–Crippen LogP) is 0.542. The Labute approximate surface area is 107 Å². The summed E-state index contributed by atoms with van der Waals surface area (Å²) in [4.78, 5) is 21.9. The number of anilines is 2. The zero-order valence-corrected chi connectivity index (χ0v) is 11.0.